The predicted molar refractivity (Wildman–Crippen MR) is 115 cm³/mol. The second-order valence-corrected chi connectivity index (χ2v) is 8.81. The molecule has 0 spiro atoms. The van der Waals surface area contributed by atoms with Crippen molar-refractivity contribution < 1.29 is 21.6 Å². The Balaban J connectivity index is 1.91. The zero-order chi connectivity index (χ0) is 23.9. The molecule has 1 aliphatic rings. The second kappa shape index (κ2) is 8.10. The highest BCUT2D eigenvalue weighted by molar-refractivity contribution is 7.93. The number of fused-ring (bicyclic) bond motifs is 1. The first-order valence-electron chi connectivity index (χ1n) is 9.42. The Kier molecular flexibility index (Phi) is 5.43. The van der Waals surface area contributed by atoms with Crippen LogP contribution in [0.25, 0.3) is 6.08 Å². The Morgan fingerprint density at radius 2 is 1.85 bits per heavy atom. The van der Waals surface area contributed by atoms with Crippen molar-refractivity contribution in [1.82, 2.24) is 9.97 Å². The van der Waals surface area contributed by atoms with Crippen molar-refractivity contribution in [1.29, 1.82) is 5.26 Å². The SMILES string of the molecule is CC(Nc1ncnc(N)c1C#N)C1=Cc2cccc(F)c2S(=O)(=O)N1c1cc(F)cc(F)c1. The number of hydrogen-bond acceptors (Lipinski definition) is 7. The molecule has 0 aliphatic carbocycles. The smallest absolute Gasteiger partial charge is 0.271 e. The number of nitrogens with zero attached hydrogens (tertiary/aromatic N) is 4. The van der Waals surface area contributed by atoms with Gasteiger partial charge in [-0.25, -0.2) is 35.9 Å². The van der Waals surface area contributed by atoms with Gasteiger partial charge in [-0.1, -0.05) is 12.1 Å². The Bertz CT molecular complexity index is 1430. The lowest BCUT2D eigenvalue weighted by atomic mass is 10.1. The van der Waals surface area contributed by atoms with Gasteiger partial charge in [0.05, 0.1) is 17.4 Å². The summed E-state index contributed by atoms with van der Waals surface area (Å²) < 4.78 is 70.1. The van der Waals surface area contributed by atoms with Gasteiger partial charge in [0.25, 0.3) is 10.0 Å². The molecule has 3 N–H and O–H groups in total. The van der Waals surface area contributed by atoms with Gasteiger partial charge in [-0.3, -0.25) is 0 Å². The fraction of sp³-hybridized carbons (Fsp3) is 0.0952. The van der Waals surface area contributed by atoms with Gasteiger partial charge in [0.1, 0.15) is 51.9 Å². The van der Waals surface area contributed by atoms with Crippen molar-refractivity contribution in [2.45, 2.75) is 17.9 Å². The first-order chi connectivity index (χ1) is 15.6. The number of nitrogens with one attached hydrogen (secondary N) is 1. The summed E-state index contributed by atoms with van der Waals surface area (Å²) in [4.78, 5) is 7.07. The maximum absolute atomic E-state index is 14.6. The van der Waals surface area contributed by atoms with Gasteiger partial charge < -0.3 is 11.1 Å². The Hall–Kier alpha value is -4.11. The maximum Gasteiger partial charge on any atom is 0.271 e. The maximum atomic E-state index is 14.6. The van der Waals surface area contributed by atoms with Gasteiger partial charge in [-0.15, -0.1) is 0 Å². The van der Waals surface area contributed by atoms with Crippen molar-refractivity contribution in [3.05, 3.63) is 77.0 Å². The molecule has 0 saturated heterocycles. The van der Waals surface area contributed by atoms with Crippen LogP contribution in [0.15, 0.2) is 53.3 Å². The lowest BCUT2D eigenvalue weighted by Gasteiger charge is -2.34. The molecular weight excluding hydrogens is 457 g/mol. The normalized spacial score (nSPS) is 15.2. The van der Waals surface area contributed by atoms with E-state index in [9.17, 15) is 26.9 Å². The number of nitrogens with two attached hydrogens (primary N) is 1. The summed E-state index contributed by atoms with van der Waals surface area (Å²) in [6.07, 6.45) is 2.48. The lowest BCUT2D eigenvalue weighted by Crippen LogP contribution is -2.40. The van der Waals surface area contributed by atoms with Crippen molar-refractivity contribution in [3.8, 4) is 6.07 Å². The van der Waals surface area contributed by atoms with Gasteiger partial charge in [-0.2, -0.15) is 5.26 Å². The first kappa shape index (κ1) is 22.1. The average Bonchev–Trinajstić information content (AvgIpc) is 2.72. The molecule has 3 aromatic rings. The molecule has 0 fully saturated rings. The van der Waals surface area contributed by atoms with E-state index in [4.69, 9.17) is 5.73 Å². The largest absolute Gasteiger partial charge is 0.382 e. The van der Waals surface area contributed by atoms with Crippen LogP contribution in [0.1, 0.15) is 18.1 Å². The summed E-state index contributed by atoms with van der Waals surface area (Å²) in [6, 6.07) is 6.89. The fourth-order valence-corrected chi connectivity index (χ4v) is 5.30. The van der Waals surface area contributed by atoms with Crippen molar-refractivity contribution in [3.63, 3.8) is 0 Å². The molecule has 0 bridgehead atoms. The van der Waals surface area contributed by atoms with Crippen LogP contribution in [0.5, 0.6) is 0 Å². The van der Waals surface area contributed by atoms with Gasteiger partial charge in [0.2, 0.25) is 0 Å². The van der Waals surface area contributed by atoms with Crippen LogP contribution in [0, 0.1) is 28.8 Å². The molecule has 1 unspecified atom stereocenters. The number of sulfonamides is 1. The van der Waals surface area contributed by atoms with Gasteiger partial charge >= 0.3 is 0 Å². The van der Waals surface area contributed by atoms with Gasteiger partial charge in [0.15, 0.2) is 0 Å². The Labute approximate surface area is 186 Å². The van der Waals surface area contributed by atoms with Gasteiger partial charge in [0, 0.05) is 6.07 Å². The van der Waals surface area contributed by atoms with E-state index in [-0.39, 0.29) is 34.1 Å². The molecule has 12 heteroatoms. The molecule has 0 amide bonds. The molecule has 4 rings (SSSR count). The molecule has 1 aromatic heterocycles. The summed E-state index contributed by atoms with van der Waals surface area (Å²) >= 11 is 0. The van der Waals surface area contributed by atoms with E-state index in [1.54, 1.807) is 0 Å². The zero-order valence-electron chi connectivity index (χ0n) is 16.9. The summed E-state index contributed by atoms with van der Waals surface area (Å²) in [5, 5.41) is 12.2. The molecule has 1 atom stereocenters. The molecule has 1 aliphatic heterocycles. The molecule has 8 nitrogen and oxygen atoms in total. The molecule has 2 heterocycles. The standard InChI is InChI=1S/C21H15F3N6O2S/c1-11(29-21-16(9-25)20(26)27-10-28-21)18-5-12-3-2-4-17(24)19(12)33(31,32)30(18)15-7-13(22)6-14(23)8-15/h2-8,10-11H,1H3,(H3,26,27,28,29). The first-order valence-corrected chi connectivity index (χ1v) is 10.9. The van der Waals surface area contributed by atoms with Gasteiger partial charge in [-0.05, 0) is 36.8 Å². The minimum absolute atomic E-state index is 0.000765. The third-order valence-electron chi connectivity index (χ3n) is 4.90. The predicted octanol–water partition coefficient (Wildman–Crippen LogP) is 3.40. The van der Waals surface area contributed by atoms with Crippen LogP contribution in [-0.4, -0.2) is 24.4 Å². The number of benzene rings is 2. The number of rotatable bonds is 4. The number of nitriles is 1. The van der Waals surface area contributed by atoms with E-state index in [0.717, 1.165) is 24.5 Å². The monoisotopic (exact) mass is 472 g/mol. The minimum Gasteiger partial charge on any atom is -0.382 e. The number of halogens is 3. The summed E-state index contributed by atoms with van der Waals surface area (Å²) in [5.41, 5.74) is 5.31. The number of anilines is 3. The summed E-state index contributed by atoms with van der Waals surface area (Å²) in [7, 11) is -4.62. The van der Waals surface area contributed by atoms with Crippen LogP contribution >= 0.6 is 0 Å². The molecule has 2 aromatic carbocycles. The van der Waals surface area contributed by atoms with E-state index in [2.05, 4.69) is 15.3 Å². The highest BCUT2D eigenvalue weighted by Gasteiger charge is 2.38. The number of aromatic nitrogens is 2. The Morgan fingerprint density at radius 1 is 1.15 bits per heavy atom. The average molecular weight is 472 g/mol. The minimum atomic E-state index is -4.62. The van der Waals surface area contributed by atoms with Crippen LogP contribution in [0.2, 0.25) is 0 Å². The Morgan fingerprint density at radius 3 is 2.52 bits per heavy atom. The molecule has 0 radical (unpaired) electrons. The molecule has 33 heavy (non-hydrogen) atoms. The summed E-state index contributed by atoms with van der Waals surface area (Å²) in [5.74, 6) is -3.12. The zero-order valence-corrected chi connectivity index (χ0v) is 17.7. The van der Waals surface area contributed by atoms with E-state index in [0.29, 0.717) is 10.4 Å². The lowest BCUT2D eigenvalue weighted by molar-refractivity contribution is 0.562. The van der Waals surface area contributed by atoms with E-state index < -0.39 is 38.4 Å². The van der Waals surface area contributed by atoms with E-state index in [1.807, 2.05) is 6.07 Å². The van der Waals surface area contributed by atoms with Crippen molar-refractivity contribution >= 4 is 33.4 Å². The topological polar surface area (TPSA) is 125 Å². The third kappa shape index (κ3) is 3.83. The highest BCUT2D eigenvalue weighted by atomic mass is 32.2. The van der Waals surface area contributed by atoms with E-state index >= 15 is 0 Å². The highest BCUT2D eigenvalue weighted by Crippen LogP contribution is 2.39. The molecule has 0 saturated carbocycles. The van der Waals surface area contributed by atoms with E-state index in [1.165, 1.54) is 25.1 Å². The quantitative estimate of drug-likeness (QED) is 0.596. The van der Waals surface area contributed by atoms with Crippen LogP contribution in [-0.2, 0) is 10.0 Å². The van der Waals surface area contributed by atoms with Crippen LogP contribution < -0.4 is 15.4 Å². The van der Waals surface area contributed by atoms with Crippen molar-refractivity contribution in [2.24, 2.45) is 0 Å². The van der Waals surface area contributed by atoms with Crippen LogP contribution in [0.4, 0.5) is 30.5 Å². The van der Waals surface area contributed by atoms with Crippen molar-refractivity contribution in [2.75, 3.05) is 15.4 Å². The number of hydrogen-bond donors (Lipinski definition) is 2. The fourth-order valence-electron chi connectivity index (χ4n) is 3.50. The third-order valence-corrected chi connectivity index (χ3v) is 6.75. The molecule has 168 valence electrons. The molecular formula is C21H15F3N6O2S. The van der Waals surface area contributed by atoms with Crippen LogP contribution in [0.3, 0.4) is 0 Å². The number of nitrogen functional groups attached to an aromatic ring is 1. The summed E-state index contributed by atoms with van der Waals surface area (Å²) in [6.45, 7) is 1.54. The second-order valence-electron chi connectivity index (χ2n) is 7.08.